The fourth-order valence-corrected chi connectivity index (χ4v) is 6.81. The van der Waals surface area contributed by atoms with Crippen LogP contribution in [-0.4, -0.2) is 41.9 Å². The van der Waals surface area contributed by atoms with Crippen molar-refractivity contribution in [1.82, 2.24) is 14.7 Å². The number of aromatic amines is 1. The summed E-state index contributed by atoms with van der Waals surface area (Å²) in [7, 11) is -3.94. The molecule has 6 rings (SSSR count). The Morgan fingerprint density at radius 2 is 1.53 bits per heavy atom. The van der Waals surface area contributed by atoms with Crippen LogP contribution in [0.4, 0.5) is 5.69 Å². The number of imidazole rings is 1. The molecule has 3 N–H and O–H groups in total. The largest absolute Gasteiger partial charge is 0.478 e. The summed E-state index contributed by atoms with van der Waals surface area (Å²) in [6.45, 7) is -0.285. The Kier molecular flexibility index (Phi) is 8.20. The van der Waals surface area contributed by atoms with Crippen LogP contribution in [0.2, 0.25) is 10.0 Å². The zero-order chi connectivity index (χ0) is 31.7. The Labute approximate surface area is 269 Å². The van der Waals surface area contributed by atoms with E-state index in [-0.39, 0.29) is 12.5 Å². The molecule has 12 heteroatoms. The van der Waals surface area contributed by atoms with Gasteiger partial charge in [-0.3, -0.25) is 4.79 Å². The molecule has 0 spiro atoms. The van der Waals surface area contributed by atoms with Gasteiger partial charge in [0.25, 0.3) is 5.91 Å². The highest BCUT2D eigenvalue weighted by Gasteiger charge is 2.34. The number of H-pyrrole nitrogens is 1. The Morgan fingerprint density at radius 1 is 0.911 bits per heavy atom. The first-order chi connectivity index (χ1) is 21.6. The van der Waals surface area contributed by atoms with Crippen molar-refractivity contribution in [1.29, 1.82) is 0 Å². The number of carbonyl (C=O) groups excluding carboxylic acids is 1. The maximum atomic E-state index is 12.4. The molecule has 1 fully saturated rings. The normalized spacial score (nSPS) is 14.9. The summed E-state index contributed by atoms with van der Waals surface area (Å²) in [4.78, 5) is 30.8. The maximum Gasteiger partial charge on any atom is 0.328 e. The van der Waals surface area contributed by atoms with E-state index in [0.29, 0.717) is 32.8 Å². The summed E-state index contributed by atoms with van der Waals surface area (Å²) in [6.07, 6.45) is 4.40. The summed E-state index contributed by atoms with van der Waals surface area (Å²) in [5.74, 6) is -1.33. The number of nitrogens with one attached hydrogen (secondary N) is 2. The highest BCUT2D eigenvalue weighted by molar-refractivity contribution is 7.92. The second-order valence-electron chi connectivity index (χ2n) is 10.3. The van der Waals surface area contributed by atoms with Crippen molar-refractivity contribution in [2.75, 3.05) is 10.8 Å². The molecule has 0 bridgehead atoms. The standard InChI is InChI=1S/C33H24Cl2N4O5S/c34-25-12-15-27(28(35)17-25)29-18-36-33(37-29)32(24-10-13-26(14-11-24)39-19-30(40)38-45(39,43)44)23-8-6-22(7-9-23)21-4-1-20(2-5-21)3-16-31(41)42/h1-18,32H,19H2,(H,36,37)(H,38,40)(H,41,42). The molecule has 45 heavy (non-hydrogen) atoms. The molecule has 1 saturated heterocycles. The molecular weight excluding hydrogens is 635 g/mol. The average molecular weight is 660 g/mol. The van der Waals surface area contributed by atoms with Crippen molar-refractivity contribution < 1.29 is 23.1 Å². The lowest BCUT2D eigenvalue weighted by molar-refractivity contribution is -0.131. The van der Waals surface area contributed by atoms with E-state index in [9.17, 15) is 18.0 Å². The Morgan fingerprint density at radius 3 is 2.11 bits per heavy atom. The van der Waals surface area contributed by atoms with E-state index >= 15 is 0 Å². The molecule has 1 aliphatic heterocycles. The van der Waals surface area contributed by atoms with Crippen LogP contribution in [0.15, 0.2) is 103 Å². The number of amides is 1. The SMILES string of the molecule is O=C(O)C=Cc1ccc(-c2ccc(C(c3ccc(N4CC(=O)NS4(=O)=O)cc3)c3nc(-c4ccc(Cl)cc4Cl)c[nH]3)cc2)cc1. The number of hydrogen-bond acceptors (Lipinski definition) is 5. The van der Waals surface area contributed by atoms with Gasteiger partial charge in [0, 0.05) is 22.9 Å². The first-order valence-electron chi connectivity index (χ1n) is 13.6. The number of hydrogen-bond donors (Lipinski definition) is 3. The smallest absolute Gasteiger partial charge is 0.328 e. The molecule has 5 aromatic rings. The molecule has 4 aromatic carbocycles. The minimum Gasteiger partial charge on any atom is -0.478 e. The number of aliphatic carboxylic acids is 1. The summed E-state index contributed by atoms with van der Waals surface area (Å²) in [6, 6.07) is 27.7. The number of aromatic nitrogens is 2. The molecule has 1 aliphatic rings. The second kappa shape index (κ2) is 12.2. The number of carboxylic acid groups (broad SMARTS) is 1. The molecular formula is C33H24Cl2N4O5S. The molecule has 2 heterocycles. The number of anilines is 1. The summed E-state index contributed by atoms with van der Waals surface area (Å²) in [5, 5.41) is 9.85. The van der Waals surface area contributed by atoms with Crippen molar-refractivity contribution in [3.63, 3.8) is 0 Å². The second-order valence-corrected chi connectivity index (χ2v) is 12.7. The molecule has 1 aromatic heterocycles. The minimum absolute atomic E-state index is 0.285. The summed E-state index contributed by atoms with van der Waals surface area (Å²) < 4.78 is 27.8. The number of nitrogens with zero attached hydrogens (tertiary/aromatic N) is 2. The van der Waals surface area contributed by atoms with Crippen LogP contribution in [0.1, 0.15) is 28.4 Å². The van der Waals surface area contributed by atoms with Crippen LogP contribution in [0.3, 0.4) is 0 Å². The van der Waals surface area contributed by atoms with Gasteiger partial charge in [-0.05, 0) is 64.2 Å². The van der Waals surface area contributed by atoms with Crippen molar-refractivity contribution in [2.45, 2.75) is 5.92 Å². The van der Waals surface area contributed by atoms with E-state index in [1.54, 1.807) is 36.5 Å². The van der Waals surface area contributed by atoms with E-state index in [1.807, 2.05) is 65.4 Å². The molecule has 1 atom stereocenters. The third kappa shape index (κ3) is 6.48. The first-order valence-corrected chi connectivity index (χ1v) is 15.8. The number of carbonyl (C=O) groups is 2. The fourth-order valence-electron chi connectivity index (χ4n) is 5.16. The highest BCUT2D eigenvalue weighted by Crippen LogP contribution is 2.36. The lowest BCUT2D eigenvalue weighted by Gasteiger charge is -2.19. The fraction of sp³-hybridized carbons (Fsp3) is 0.0606. The van der Waals surface area contributed by atoms with Gasteiger partial charge in [0.1, 0.15) is 12.4 Å². The quantitative estimate of drug-likeness (QED) is 0.163. The molecule has 0 radical (unpaired) electrons. The highest BCUT2D eigenvalue weighted by atomic mass is 35.5. The predicted octanol–water partition coefficient (Wildman–Crippen LogP) is 6.51. The first kappa shape index (κ1) is 30.1. The zero-order valence-corrected chi connectivity index (χ0v) is 25.6. The van der Waals surface area contributed by atoms with Gasteiger partial charge in [0.2, 0.25) is 0 Å². The number of rotatable bonds is 8. The van der Waals surface area contributed by atoms with Crippen LogP contribution in [0, 0.1) is 0 Å². The number of carboxylic acids is 1. The average Bonchev–Trinajstić information content (AvgIpc) is 3.60. The van der Waals surface area contributed by atoms with Gasteiger partial charge in [0.15, 0.2) is 0 Å². The van der Waals surface area contributed by atoms with Gasteiger partial charge < -0.3 is 10.1 Å². The maximum absolute atomic E-state index is 12.4. The third-order valence-electron chi connectivity index (χ3n) is 7.32. The molecule has 9 nitrogen and oxygen atoms in total. The Bertz CT molecular complexity index is 2040. The van der Waals surface area contributed by atoms with Crippen LogP contribution >= 0.6 is 23.2 Å². The van der Waals surface area contributed by atoms with Gasteiger partial charge in [-0.2, -0.15) is 8.42 Å². The van der Waals surface area contributed by atoms with E-state index in [2.05, 4.69) is 4.98 Å². The molecule has 1 unspecified atom stereocenters. The number of benzene rings is 4. The molecule has 226 valence electrons. The van der Waals surface area contributed by atoms with Gasteiger partial charge >= 0.3 is 16.2 Å². The minimum atomic E-state index is -3.94. The zero-order valence-electron chi connectivity index (χ0n) is 23.3. The topological polar surface area (TPSA) is 132 Å². The molecule has 0 saturated carbocycles. The molecule has 0 aliphatic carbocycles. The Balaban J connectivity index is 1.36. The summed E-state index contributed by atoms with van der Waals surface area (Å²) >= 11 is 12.6. The van der Waals surface area contributed by atoms with Gasteiger partial charge in [-0.25, -0.2) is 18.8 Å². The van der Waals surface area contributed by atoms with Crippen molar-refractivity contribution in [3.05, 3.63) is 136 Å². The third-order valence-corrected chi connectivity index (χ3v) is 9.27. The lowest BCUT2D eigenvalue weighted by atomic mass is 9.89. The van der Waals surface area contributed by atoms with E-state index in [4.69, 9.17) is 33.3 Å². The summed E-state index contributed by atoms with van der Waals surface area (Å²) in [5.41, 5.74) is 6.16. The van der Waals surface area contributed by atoms with Gasteiger partial charge in [0.05, 0.1) is 22.3 Å². The Hall–Kier alpha value is -4.90. The van der Waals surface area contributed by atoms with Gasteiger partial charge in [-0.1, -0.05) is 83.9 Å². The van der Waals surface area contributed by atoms with Crippen molar-refractivity contribution in [3.8, 4) is 22.4 Å². The van der Waals surface area contributed by atoms with Crippen LogP contribution < -0.4 is 9.03 Å². The van der Waals surface area contributed by atoms with Gasteiger partial charge in [-0.15, -0.1) is 0 Å². The van der Waals surface area contributed by atoms with E-state index in [0.717, 1.165) is 38.2 Å². The number of halogens is 2. The van der Waals surface area contributed by atoms with Crippen LogP contribution in [-0.2, 0) is 19.8 Å². The molecule has 1 amide bonds. The monoisotopic (exact) mass is 658 g/mol. The van der Waals surface area contributed by atoms with Crippen molar-refractivity contribution >= 4 is 57.1 Å². The van der Waals surface area contributed by atoms with Crippen LogP contribution in [0.25, 0.3) is 28.5 Å². The van der Waals surface area contributed by atoms with Crippen molar-refractivity contribution in [2.24, 2.45) is 0 Å². The lowest BCUT2D eigenvalue weighted by Crippen LogP contribution is -2.29. The van der Waals surface area contributed by atoms with E-state index in [1.165, 1.54) is 6.08 Å². The predicted molar refractivity (Wildman–Crippen MR) is 174 cm³/mol. The van der Waals surface area contributed by atoms with E-state index < -0.39 is 22.1 Å². The van der Waals surface area contributed by atoms with Crippen LogP contribution in [0.5, 0.6) is 0 Å².